The van der Waals surface area contributed by atoms with E-state index in [1.165, 1.54) is 0 Å². The average molecular weight is 167 g/mol. The van der Waals surface area contributed by atoms with Crippen molar-refractivity contribution in [2.75, 3.05) is 0 Å². The number of rotatable bonds is 1. The molecule has 2 aromatic rings. The molecule has 2 rings (SSSR count). The van der Waals surface area contributed by atoms with Crippen LogP contribution < -0.4 is 5.69 Å². The normalized spacial score (nSPS) is 10.4. The first-order valence-electron chi connectivity index (χ1n) is 3.21. The summed E-state index contributed by atoms with van der Waals surface area (Å²) in [7, 11) is 0. The lowest BCUT2D eigenvalue weighted by atomic mass is 10.5. The van der Waals surface area contributed by atoms with Gasteiger partial charge in [-0.2, -0.15) is 0 Å². The van der Waals surface area contributed by atoms with Gasteiger partial charge < -0.3 is 4.52 Å². The van der Waals surface area contributed by atoms with Crippen LogP contribution in [0.3, 0.4) is 0 Å². The number of tetrazole rings is 1. The minimum atomic E-state index is -0.453. The van der Waals surface area contributed by atoms with Crippen molar-refractivity contribution in [2.45, 2.75) is 6.92 Å². The van der Waals surface area contributed by atoms with Crippen LogP contribution in [-0.2, 0) is 0 Å². The van der Waals surface area contributed by atoms with Crippen molar-refractivity contribution in [2.24, 2.45) is 0 Å². The summed E-state index contributed by atoms with van der Waals surface area (Å²) in [5, 5.41) is 12.5. The first-order valence-corrected chi connectivity index (χ1v) is 3.21. The van der Waals surface area contributed by atoms with Gasteiger partial charge in [0.2, 0.25) is 0 Å². The Balaban J connectivity index is 2.58. The zero-order valence-corrected chi connectivity index (χ0v) is 6.18. The minimum absolute atomic E-state index is 0.256. The highest BCUT2D eigenvalue weighted by Gasteiger charge is 2.07. The van der Waals surface area contributed by atoms with Crippen LogP contribution in [0.4, 0.5) is 0 Å². The van der Waals surface area contributed by atoms with Gasteiger partial charge in [0.1, 0.15) is 0 Å². The quantitative estimate of drug-likeness (QED) is 0.603. The van der Waals surface area contributed by atoms with E-state index in [-0.39, 0.29) is 5.88 Å². The minimum Gasteiger partial charge on any atom is -0.336 e. The highest BCUT2D eigenvalue weighted by molar-refractivity contribution is 5.16. The van der Waals surface area contributed by atoms with E-state index >= 15 is 0 Å². The largest absolute Gasteiger partial charge is 0.368 e. The third kappa shape index (κ3) is 0.911. The molecule has 0 spiro atoms. The Hall–Kier alpha value is -1.92. The molecule has 2 heterocycles. The highest BCUT2D eigenvalue weighted by atomic mass is 16.5. The van der Waals surface area contributed by atoms with Gasteiger partial charge in [-0.05, 0) is 17.4 Å². The van der Waals surface area contributed by atoms with Gasteiger partial charge in [-0.15, -0.1) is 4.68 Å². The van der Waals surface area contributed by atoms with Gasteiger partial charge in [0.25, 0.3) is 5.88 Å². The van der Waals surface area contributed by atoms with E-state index in [1.807, 2.05) is 0 Å². The van der Waals surface area contributed by atoms with Crippen LogP contribution in [0.15, 0.2) is 15.4 Å². The first-order chi connectivity index (χ1) is 5.77. The molecule has 0 aliphatic rings. The molecule has 0 saturated carbocycles. The molecule has 0 aliphatic heterocycles. The van der Waals surface area contributed by atoms with Crippen molar-refractivity contribution < 1.29 is 4.52 Å². The van der Waals surface area contributed by atoms with E-state index in [9.17, 15) is 4.79 Å². The molecule has 2 aromatic heterocycles. The topological polar surface area (TPSA) is 89.6 Å². The standard InChI is InChI=1S/C5H5N5O2/c1-3-2-4(12-7-3)10-5(11)6-8-9-10/h2H,1H3,(H,6,9,11). The molecule has 0 radical (unpaired) electrons. The molecule has 0 saturated heterocycles. The van der Waals surface area contributed by atoms with Crippen molar-refractivity contribution in [3.8, 4) is 5.88 Å². The Labute approximate surface area is 66.0 Å². The van der Waals surface area contributed by atoms with Crippen molar-refractivity contribution in [1.82, 2.24) is 25.4 Å². The highest BCUT2D eigenvalue weighted by Crippen LogP contribution is 2.03. The number of nitrogens with zero attached hydrogens (tertiary/aromatic N) is 4. The maximum atomic E-state index is 10.9. The van der Waals surface area contributed by atoms with Crippen molar-refractivity contribution >= 4 is 0 Å². The average Bonchev–Trinajstić information content (AvgIpc) is 2.58. The summed E-state index contributed by atoms with van der Waals surface area (Å²) in [5.74, 6) is 0.256. The van der Waals surface area contributed by atoms with Gasteiger partial charge in [-0.25, -0.2) is 9.89 Å². The van der Waals surface area contributed by atoms with Gasteiger partial charge in [0.05, 0.1) is 5.69 Å². The Morgan fingerprint density at radius 2 is 2.50 bits per heavy atom. The van der Waals surface area contributed by atoms with Crippen molar-refractivity contribution in [3.63, 3.8) is 0 Å². The van der Waals surface area contributed by atoms with Crippen LogP contribution >= 0.6 is 0 Å². The molecule has 0 unspecified atom stereocenters. The summed E-state index contributed by atoms with van der Waals surface area (Å²) in [6, 6.07) is 1.59. The summed E-state index contributed by atoms with van der Waals surface area (Å²) in [4.78, 5) is 10.9. The monoisotopic (exact) mass is 167 g/mol. The lowest BCUT2D eigenvalue weighted by molar-refractivity contribution is 0.390. The molecule has 0 atom stereocenters. The summed E-state index contributed by atoms with van der Waals surface area (Å²) in [6.45, 7) is 1.75. The fourth-order valence-corrected chi connectivity index (χ4v) is 0.792. The molecule has 0 aromatic carbocycles. The Morgan fingerprint density at radius 3 is 3.00 bits per heavy atom. The molecular weight excluding hydrogens is 162 g/mol. The summed E-state index contributed by atoms with van der Waals surface area (Å²) >= 11 is 0. The summed E-state index contributed by atoms with van der Waals surface area (Å²) in [6.07, 6.45) is 0. The lowest BCUT2D eigenvalue weighted by Gasteiger charge is -1.84. The number of hydrogen-bond acceptors (Lipinski definition) is 5. The van der Waals surface area contributed by atoms with E-state index < -0.39 is 5.69 Å². The van der Waals surface area contributed by atoms with E-state index in [4.69, 9.17) is 4.52 Å². The molecule has 1 N–H and O–H groups in total. The predicted octanol–water partition coefficient (Wildman–Crippen LogP) is -0.748. The molecule has 0 fully saturated rings. The maximum absolute atomic E-state index is 10.9. The van der Waals surface area contributed by atoms with Gasteiger partial charge in [0.15, 0.2) is 0 Å². The molecule has 7 heteroatoms. The van der Waals surface area contributed by atoms with E-state index in [2.05, 4.69) is 20.7 Å². The number of aromatic nitrogens is 5. The smallest absolute Gasteiger partial charge is 0.336 e. The first kappa shape index (κ1) is 6.77. The Bertz CT molecular complexity index is 438. The number of hydrogen-bond donors (Lipinski definition) is 1. The third-order valence-corrected chi connectivity index (χ3v) is 1.30. The zero-order valence-electron chi connectivity index (χ0n) is 6.18. The molecule has 12 heavy (non-hydrogen) atoms. The molecule has 0 amide bonds. The van der Waals surface area contributed by atoms with E-state index in [1.54, 1.807) is 13.0 Å². The van der Waals surface area contributed by atoms with E-state index in [0.717, 1.165) is 4.68 Å². The number of aryl methyl sites for hydroxylation is 1. The van der Waals surface area contributed by atoms with Gasteiger partial charge in [0, 0.05) is 6.07 Å². The predicted molar refractivity (Wildman–Crippen MR) is 36.8 cm³/mol. The fraction of sp³-hybridized carbons (Fsp3) is 0.200. The van der Waals surface area contributed by atoms with Crippen LogP contribution in [0.1, 0.15) is 5.69 Å². The molecule has 0 aliphatic carbocycles. The number of nitrogens with one attached hydrogen (secondary N) is 1. The summed E-state index contributed by atoms with van der Waals surface area (Å²) in [5.41, 5.74) is 0.228. The van der Waals surface area contributed by atoms with Crippen molar-refractivity contribution in [1.29, 1.82) is 0 Å². The van der Waals surface area contributed by atoms with Crippen LogP contribution in [0.2, 0.25) is 0 Å². The molecule has 62 valence electrons. The number of aromatic amines is 1. The Kier molecular flexibility index (Phi) is 1.29. The number of H-pyrrole nitrogens is 1. The summed E-state index contributed by atoms with van der Waals surface area (Å²) < 4.78 is 5.77. The SMILES string of the molecule is Cc1cc(-n2nn[nH]c2=O)on1. The second kappa shape index (κ2) is 2.29. The van der Waals surface area contributed by atoms with Crippen molar-refractivity contribution in [3.05, 3.63) is 22.2 Å². The molecular formula is C5H5N5O2. The Morgan fingerprint density at radius 1 is 1.67 bits per heavy atom. The lowest BCUT2D eigenvalue weighted by Crippen LogP contribution is -2.15. The molecule has 7 nitrogen and oxygen atoms in total. The third-order valence-electron chi connectivity index (χ3n) is 1.30. The van der Waals surface area contributed by atoms with E-state index in [0.29, 0.717) is 5.69 Å². The fourth-order valence-electron chi connectivity index (χ4n) is 0.792. The van der Waals surface area contributed by atoms with Crippen LogP contribution in [0.25, 0.3) is 5.88 Å². The zero-order chi connectivity index (χ0) is 8.55. The van der Waals surface area contributed by atoms with Crippen LogP contribution in [0, 0.1) is 6.92 Å². The second-order valence-corrected chi connectivity index (χ2v) is 2.22. The van der Waals surface area contributed by atoms with Gasteiger partial charge in [-0.1, -0.05) is 5.16 Å². The molecule has 0 bridgehead atoms. The second-order valence-electron chi connectivity index (χ2n) is 2.22. The van der Waals surface area contributed by atoms with Gasteiger partial charge >= 0.3 is 5.69 Å². The van der Waals surface area contributed by atoms with Crippen LogP contribution in [-0.4, -0.2) is 25.4 Å². The van der Waals surface area contributed by atoms with Gasteiger partial charge in [-0.3, -0.25) is 0 Å². The van der Waals surface area contributed by atoms with Crippen LogP contribution in [0.5, 0.6) is 0 Å². The maximum Gasteiger partial charge on any atom is 0.368 e.